The Bertz CT molecular complexity index is 848. The smallest absolute Gasteiger partial charge is 0.445 e. The van der Waals surface area contributed by atoms with E-state index < -0.39 is 30.0 Å². The van der Waals surface area contributed by atoms with Crippen LogP contribution in [-0.2, 0) is 26.2 Å². The van der Waals surface area contributed by atoms with Crippen molar-refractivity contribution in [2.75, 3.05) is 0 Å². The van der Waals surface area contributed by atoms with Gasteiger partial charge >= 0.3 is 13.2 Å². The quantitative estimate of drug-likeness (QED) is 0.773. The molecule has 2 aromatic rings. The van der Waals surface area contributed by atoms with Gasteiger partial charge in [-0.25, -0.2) is 4.79 Å². The fourth-order valence-corrected chi connectivity index (χ4v) is 3.14. The summed E-state index contributed by atoms with van der Waals surface area (Å²) in [5, 5.41) is 2.95. The van der Waals surface area contributed by atoms with E-state index in [2.05, 4.69) is 5.32 Å². The van der Waals surface area contributed by atoms with Gasteiger partial charge in [0.05, 0.1) is 16.7 Å². The van der Waals surface area contributed by atoms with Crippen LogP contribution in [0.5, 0.6) is 0 Å². The van der Waals surface area contributed by atoms with Crippen molar-refractivity contribution in [3.8, 4) is 0 Å². The zero-order valence-electron chi connectivity index (χ0n) is 18.1. The van der Waals surface area contributed by atoms with Gasteiger partial charge < -0.3 is 19.4 Å². The predicted octanol–water partition coefficient (Wildman–Crippen LogP) is 4.15. The summed E-state index contributed by atoms with van der Waals surface area (Å²) in [5.41, 5.74) is 1.40. The number of carbonyl (C=O) groups excluding carboxylic acids is 1. The van der Waals surface area contributed by atoms with Gasteiger partial charge in [0.15, 0.2) is 0 Å². The van der Waals surface area contributed by atoms with Gasteiger partial charge in [-0.05, 0) is 58.1 Å². The largest absolute Gasteiger partial charge is 0.494 e. The number of hydrogen-bond donors (Lipinski definition) is 1. The first-order valence-corrected chi connectivity index (χ1v) is 9.95. The Labute approximate surface area is 173 Å². The van der Waals surface area contributed by atoms with Crippen LogP contribution in [0.4, 0.5) is 4.79 Å². The molecule has 1 N–H and O–H groups in total. The molecule has 0 bridgehead atoms. The van der Waals surface area contributed by atoms with Crippen molar-refractivity contribution < 1.29 is 18.8 Å². The van der Waals surface area contributed by atoms with Crippen LogP contribution in [0.2, 0.25) is 0 Å². The van der Waals surface area contributed by atoms with Gasteiger partial charge in [0.1, 0.15) is 6.61 Å². The minimum absolute atomic E-state index is 0.233. The van der Waals surface area contributed by atoms with Crippen LogP contribution in [-0.4, -0.2) is 24.4 Å². The van der Waals surface area contributed by atoms with Gasteiger partial charge in [-0.1, -0.05) is 54.6 Å². The van der Waals surface area contributed by atoms with E-state index in [-0.39, 0.29) is 6.61 Å². The van der Waals surface area contributed by atoms with E-state index in [1.54, 1.807) is 0 Å². The van der Waals surface area contributed by atoms with Crippen LogP contribution >= 0.6 is 0 Å². The molecule has 0 saturated carbocycles. The number of ether oxygens (including phenoxy) is 1. The second kappa shape index (κ2) is 7.84. The normalized spacial score (nSPS) is 17.8. The standard InChI is InChI=1S/C23H30BNO4/c1-21(2,25-20(26)27-16-17-11-8-7-9-12-17)18-13-10-14-19(15-18)24-28-22(3,4)23(5,6)29-24/h7-15H,16H2,1-6H3,(H,25,26). The first-order valence-electron chi connectivity index (χ1n) is 9.95. The molecule has 1 heterocycles. The number of benzene rings is 2. The SMILES string of the molecule is CC(C)(NC(=O)OCc1ccccc1)c1cccc(B2OC(C)(C)C(C)(C)O2)c1. The fraction of sp³-hybridized carbons (Fsp3) is 0.435. The van der Waals surface area contributed by atoms with E-state index >= 15 is 0 Å². The van der Waals surface area contributed by atoms with Crippen molar-refractivity contribution in [2.45, 2.75) is 64.9 Å². The molecular weight excluding hydrogens is 365 g/mol. The summed E-state index contributed by atoms with van der Waals surface area (Å²) in [5.74, 6) is 0. The third-order valence-corrected chi connectivity index (χ3v) is 5.76. The highest BCUT2D eigenvalue weighted by molar-refractivity contribution is 6.62. The molecule has 29 heavy (non-hydrogen) atoms. The molecule has 154 valence electrons. The average molecular weight is 395 g/mol. The summed E-state index contributed by atoms with van der Waals surface area (Å²) in [6.45, 7) is 12.3. The highest BCUT2D eigenvalue weighted by atomic mass is 16.7. The van der Waals surface area contributed by atoms with Crippen molar-refractivity contribution in [3.05, 3.63) is 65.7 Å². The molecule has 2 aromatic carbocycles. The van der Waals surface area contributed by atoms with E-state index in [0.29, 0.717) is 0 Å². The average Bonchev–Trinajstić information content (AvgIpc) is 2.88. The molecule has 6 heteroatoms. The Morgan fingerprint density at radius 1 is 1.00 bits per heavy atom. The molecular formula is C23H30BNO4. The summed E-state index contributed by atoms with van der Waals surface area (Å²) in [7, 11) is -0.444. The number of carbonyl (C=O) groups is 1. The second-order valence-corrected chi connectivity index (χ2v) is 9.03. The lowest BCUT2D eigenvalue weighted by Gasteiger charge is -2.32. The molecule has 0 aromatic heterocycles. The van der Waals surface area contributed by atoms with Gasteiger partial charge in [0, 0.05) is 0 Å². The maximum atomic E-state index is 12.3. The molecule has 0 spiro atoms. The van der Waals surface area contributed by atoms with Crippen LogP contribution in [0.25, 0.3) is 0 Å². The predicted molar refractivity (Wildman–Crippen MR) is 115 cm³/mol. The third kappa shape index (κ3) is 4.82. The lowest BCUT2D eigenvalue weighted by atomic mass is 9.77. The molecule has 1 saturated heterocycles. The van der Waals surface area contributed by atoms with Crippen molar-refractivity contribution in [1.29, 1.82) is 0 Å². The first kappa shape index (κ1) is 21.4. The van der Waals surface area contributed by atoms with Gasteiger partial charge in [0.2, 0.25) is 0 Å². The number of hydrogen-bond acceptors (Lipinski definition) is 4. The summed E-state index contributed by atoms with van der Waals surface area (Å²) < 4.78 is 17.7. The van der Waals surface area contributed by atoms with E-state index in [1.807, 2.05) is 96.1 Å². The van der Waals surface area contributed by atoms with Crippen LogP contribution in [0.3, 0.4) is 0 Å². The van der Waals surface area contributed by atoms with Gasteiger partial charge in [-0.3, -0.25) is 0 Å². The first-order chi connectivity index (χ1) is 13.5. The summed E-state index contributed by atoms with van der Waals surface area (Å²) in [4.78, 5) is 12.3. The number of nitrogens with one attached hydrogen (secondary N) is 1. The Kier molecular flexibility index (Phi) is 5.79. The minimum Gasteiger partial charge on any atom is -0.445 e. The number of alkyl carbamates (subject to hydrolysis) is 1. The zero-order chi connectivity index (χ0) is 21.3. The molecule has 0 atom stereocenters. The van der Waals surface area contributed by atoms with Crippen LogP contribution < -0.4 is 10.8 Å². The molecule has 1 aliphatic rings. The molecule has 1 fully saturated rings. The summed E-state index contributed by atoms with van der Waals surface area (Å²) in [6.07, 6.45) is -0.458. The van der Waals surface area contributed by atoms with E-state index in [9.17, 15) is 4.79 Å². The van der Waals surface area contributed by atoms with Crippen LogP contribution in [0.1, 0.15) is 52.7 Å². The Balaban J connectivity index is 1.68. The van der Waals surface area contributed by atoms with E-state index in [1.165, 1.54) is 0 Å². The topological polar surface area (TPSA) is 56.8 Å². The zero-order valence-corrected chi connectivity index (χ0v) is 18.1. The summed E-state index contributed by atoms with van der Waals surface area (Å²) in [6, 6.07) is 17.5. The molecule has 1 aliphatic heterocycles. The monoisotopic (exact) mass is 395 g/mol. The Morgan fingerprint density at radius 2 is 1.62 bits per heavy atom. The number of amides is 1. The highest BCUT2D eigenvalue weighted by Gasteiger charge is 2.51. The molecule has 0 radical (unpaired) electrons. The van der Waals surface area contributed by atoms with Crippen molar-refractivity contribution in [1.82, 2.24) is 5.32 Å². The van der Waals surface area contributed by atoms with Gasteiger partial charge in [-0.15, -0.1) is 0 Å². The van der Waals surface area contributed by atoms with E-state index in [4.69, 9.17) is 14.0 Å². The van der Waals surface area contributed by atoms with Gasteiger partial charge in [0.25, 0.3) is 0 Å². The van der Waals surface area contributed by atoms with Crippen molar-refractivity contribution in [2.24, 2.45) is 0 Å². The summed E-state index contributed by atoms with van der Waals surface area (Å²) >= 11 is 0. The van der Waals surface area contributed by atoms with Crippen LogP contribution in [0, 0.1) is 0 Å². The Morgan fingerprint density at radius 3 is 2.24 bits per heavy atom. The highest BCUT2D eigenvalue weighted by Crippen LogP contribution is 2.36. The molecule has 0 aliphatic carbocycles. The molecule has 0 unspecified atom stereocenters. The van der Waals surface area contributed by atoms with Crippen LogP contribution in [0.15, 0.2) is 54.6 Å². The number of rotatable bonds is 5. The molecule has 1 amide bonds. The molecule has 3 rings (SSSR count). The molecule has 5 nitrogen and oxygen atoms in total. The maximum Gasteiger partial charge on any atom is 0.494 e. The van der Waals surface area contributed by atoms with Crippen molar-refractivity contribution in [3.63, 3.8) is 0 Å². The van der Waals surface area contributed by atoms with E-state index in [0.717, 1.165) is 16.6 Å². The maximum absolute atomic E-state index is 12.3. The third-order valence-electron chi connectivity index (χ3n) is 5.76. The minimum atomic E-state index is -0.618. The second-order valence-electron chi connectivity index (χ2n) is 9.03. The lowest BCUT2D eigenvalue weighted by molar-refractivity contribution is 0.00578. The van der Waals surface area contributed by atoms with Crippen molar-refractivity contribution >= 4 is 18.7 Å². The lowest BCUT2D eigenvalue weighted by Crippen LogP contribution is -2.42. The Hall–Kier alpha value is -2.31. The fourth-order valence-electron chi connectivity index (χ4n) is 3.14. The van der Waals surface area contributed by atoms with Gasteiger partial charge in [-0.2, -0.15) is 0 Å².